The Balaban J connectivity index is 0.00000128. The number of nitrogens with two attached hydrogens (primary N) is 1. The second kappa shape index (κ2) is 4.80. The third kappa shape index (κ3) is 2.51. The van der Waals surface area contributed by atoms with Gasteiger partial charge in [0.25, 0.3) is 0 Å². The average Bonchev–Trinajstić information content (AvgIpc) is 2.98. The zero-order valence-electron chi connectivity index (χ0n) is 8.76. The van der Waals surface area contributed by atoms with Crippen molar-refractivity contribution in [2.24, 2.45) is 11.7 Å². The van der Waals surface area contributed by atoms with E-state index in [-0.39, 0.29) is 29.9 Å². The lowest BCUT2D eigenvalue weighted by Crippen LogP contribution is -2.11. The largest absolute Gasteiger partial charge is 0.504 e. The van der Waals surface area contributed by atoms with Crippen molar-refractivity contribution >= 4 is 12.4 Å². The van der Waals surface area contributed by atoms with E-state index in [1.165, 1.54) is 18.9 Å². The van der Waals surface area contributed by atoms with Crippen molar-refractivity contribution in [1.29, 1.82) is 0 Å². The number of aromatic hydroxyl groups is 3. The molecule has 1 aliphatic rings. The molecule has 1 aromatic rings. The zero-order chi connectivity index (χ0) is 11.0. The average molecular weight is 246 g/mol. The van der Waals surface area contributed by atoms with E-state index in [1.54, 1.807) is 6.07 Å². The summed E-state index contributed by atoms with van der Waals surface area (Å²) in [6.45, 7) is 0. The van der Waals surface area contributed by atoms with E-state index in [4.69, 9.17) is 10.8 Å². The molecular formula is C11H16ClNO3. The summed E-state index contributed by atoms with van der Waals surface area (Å²) in [4.78, 5) is 0. The highest BCUT2D eigenvalue weighted by molar-refractivity contribution is 5.85. The number of hydrogen-bond donors (Lipinski definition) is 4. The molecule has 0 spiro atoms. The van der Waals surface area contributed by atoms with Crippen molar-refractivity contribution in [3.05, 3.63) is 17.7 Å². The van der Waals surface area contributed by atoms with Gasteiger partial charge in [0.2, 0.25) is 5.75 Å². The van der Waals surface area contributed by atoms with Crippen LogP contribution in [0.25, 0.3) is 0 Å². The number of phenolic OH excluding ortho intramolecular Hbond substituents is 3. The fourth-order valence-corrected chi connectivity index (χ4v) is 1.72. The third-order valence-corrected chi connectivity index (χ3v) is 2.84. The van der Waals surface area contributed by atoms with Gasteiger partial charge in [-0.2, -0.15) is 0 Å². The van der Waals surface area contributed by atoms with Crippen molar-refractivity contribution in [3.8, 4) is 17.2 Å². The molecule has 16 heavy (non-hydrogen) atoms. The van der Waals surface area contributed by atoms with Crippen LogP contribution in [0.1, 0.15) is 30.9 Å². The van der Waals surface area contributed by atoms with Gasteiger partial charge in [0.15, 0.2) is 11.5 Å². The Kier molecular flexibility index (Phi) is 3.88. The fourth-order valence-electron chi connectivity index (χ4n) is 1.72. The molecule has 5 heteroatoms. The quantitative estimate of drug-likeness (QED) is 0.614. The minimum atomic E-state index is -0.487. The van der Waals surface area contributed by atoms with E-state index in [2.05, 4.69) is 0 Å². The molecule has 0 radical (unpaired) electrons. The molecule has 0 unspecified atom stereocenters. The van der Waals surface area contributed by atoms with Crippen molar-refractivity contribution in [3.63, 3.8) is 0 Å². The lowest BCUT2D eigenvalue weighted by atomic mass is 10.0. The van der Waals surface area contributed by atoms with Crippen LogP contribution in [0.2, 0.25) is 0 Å². The van der Waals surface area contributed by atoms with Gasteiger partial charge >= 0.3 is 0 Å². The van der Waals surface area contributed by atoms with Crippen LogP contribution in [0.5, 0.6) is 17.2 Å². The van der Waals surface area contributed by atoms with Gasteiger partial charge in [0.1, 0.15) is 0 Å². The van der Waals surface area contributed by atoms with Gasteiger partial charge in [-0.3, -0.25) is 0 Å². The minimum Gasteiger partial charge on any atom is -0.504 e. The number of halogens is 1. The molecular weight excluding hydrogens is 230 g/mol. The smallest absolute Gasteiger partial charge is 0.200 e. The summed E-state index contributed by atoms with van der Waals surface area (Å²) < 4.78 is 0. The number of phenols is 3. The van der Waals surface area contributed by atoms with Gasteiger partial charge in [-0.15, -0.1) is 12.4 Å². The molecule has 1 aromatic carbocycles. The Bertz CT molecular complexity index is 380. The summed E-state index contributed by atoms with van der Waals surface area (Å²) in [7, 11) is 0. The topological polar surface area (TPSA) is 86.7 Å². The minimum absolute atomic E-state index is 0. The summed E-state index contributed by atoms with van der Waals surface area (Å²) in [5.74, 6) is -0.466. The van der Waals surface area contributed by atoms with Crippen molar-refractivity contribution in [2.45, 2.75) is 25.3 Å². The van der Waals surface area contributed by atoms with Gasteiger partial charge in [-0.05, 0) is 24.5 Å². The van der Waals surface area contributed by atoms with Crippen molar-refractivity contribution in [1.82, 2.24) is 0 Å². The Hall–Kier alpha value is -1.13. The molecule has 0 aromatic heterocycles. The van der Waals surface area contributed by atoms with Crippen molar-refractivity contribution < 1.29 is 15.3 Å². The van der Waals surface area contributed by atoms with E-state index in [9.17, 15) is 10.2 Å². The summed E-state index contributed by atoms with van der Waals surface area (Å²) in [6, 6.07) is 2.62. The van der Waals surface area contributed by atoms with E-state index in [1.807, 2.05) is 0 Å². The van der Waals surface area contributed by atoms with Crippen molar-refractivity contribution in [2.75, 3.05) is 0 Å². The summed E-state index contributed by atoms with van der Waals surface area (Å²) in [5, 5.41) is 28.1. The van der Waals surface area contributed by atoms with E-state index in [0.717, 1.165) is 6.42 Å². The summed E-state index contributed by atoms with van der Waals surface area (Å²) in [5.41, 5.74) is 6.40. The number of benzene rings is 1. The normalized spacial score (nSPS) is 16.6. The Morgan fingerprint density at radius 1 is 1.19 bits per heavy atom. The molecule has 0 amide bonds. The second-order valence-corrected chi connectivity index (χ2v) is 4.16. The first kappa shape index (κ1) is 12.9. The van der Waals surface area contributed by atoms with Crippen LogP contribution in [0, 0.1) is 5.92 Å². The Labute approximate surface area is 100 Å². The van der Waals surface area contributed by atoms with Gasteiger partial charge in [-0.1, -0.05) is 12.8 Å². The Morgan fingerprint density at radius 3 is 2.38 bits per heavy atom. The van der Waals surface area contributed by atoms with E-state index in [0.29, 0.717) is 11.5 Å². The molecule has 90 valence electrons. The fraction of sp³-hybridized carbons (Fsp3) is 0.455. The van der Waals surface area contributed by atoms with Crippen LogP contribution in [0.3, 0.4) is 0 Å². The molecule has 0 aliphatic heterocycles. The molecule has 2 rings (SSSR count). The first-order valence-electron chi connectivity index (χ1n) is 5.09. The molecule has 0 bridgehead atoms. The van der Waals surface area contributed by atoms with Crippen LogP contribution in [0.15, 0.2) is 12.1 Å². The predicted octanol–water partition coefficient (Wildman–Crippen LogP) is 2.03. The lowest BCUT2D eigenvalue weighted by Gasteiger charge is -2.14. The maximum Gasteiger partial charge on any atom is 0.200 e. The lowest BCUT2D eigenvalue weighted by molar-refractivity contribution is 0.361. The van der Waals surface area contributed by atoms with Crippen LogP contribution in [-0.4, -0.2) is 15.3 Å². The molecule has 0 heterocycles. The second-order valence-electron chi connectivity index (χ2n) is 4.16. The van der Waals surface area contributed by atoms with Crippen LogP contribution in [0.4, 0.5) is 0 Å². The SMILES string of the molecule is Cl.N[C@H](CC1CC1)c1ccc(O)c(O)c1O. The molecule has 1 aliphatic carbocycles. The molecule has 1 saturated carbocycles. The highest BCUT2D eigenvalue weighted by Gasteiger charge is 2.26. The molecule has 1 atom stereocenters. The Morgan fingerprint density at radius 2 is 1.81 bits per heavy atom. The van der Waals surface area contributed by atoms with Gasteiger partial charge in [-0.25, -0.2) is 0 Å². The van der Waals surface area contributed by atoms with Gasteiger partial charge in [0.05, 0.1) is 0 Å². The van der Waals surface area contributed by atoms with E-state index >= 15 is 0 Å². The molecule has 5 N–H and O–H groups in total. The molecule has 4 nitrogen and oxygen atoms in total. The molecule has 1 fully saturated rings. The highest BCUT2D eigenvalue weighted by atomic mass is 35.5. The summed E-state index contributed by atoms with van der Waals surface area (Å²) >= 11 is 0. The summed E-state index contributed by atoms with van der Waals surface area (Å²) in [6.07, 6.45) is 3.20. The van der Waals surface area contributed by atoms with Gasteiger partial charge < -0.3 is 21.1 Å². The van der Waals surface area contributed by atoms with Crippen LogP contribution >= 0.6 is 12.4 Å². The van der Waals surface area contributed by atoms with Crippen LogP contribution < -0.4 is 5.73 Å². The molecule has 0 saturated heterocycles. The standard InChI is InChI=1S/C11H15NO3.ClH/c12-8(5-6-1-2-6)7-3-4-9(13)11(15)10(7)14;/h3-4,6,8,13-15H,1-2,5,12H2;1H/t8-;/m1./s1. The monoisotopic (exact) mass is 245 g/mol. The van der Waals surface area contributed by atoms with Gasteiger partial charge in [0, 0.05) is 11.6 Å². The zero-order valence-corrected chi connectivity index (χ0v) is 9.57. The number of hydrogen-bond acceptors (Lipinski definition) is 4. The first-order valence-corrected chi connectivity index (χ1v) is 5.09. The highest BCUT2D eigenvalue weighted by Crippen LogP contribution is 2.43. The first-order chi connectivity index (χ1) is 7.09. The maximum absolute atomic E-state index is 9.59. The maximum atomic E-state index is 9.59. The predicted molar refractivity (Wildman–Crippen MR) is 63.0 cm³/mol. The number of rotatable bonds is 3. The third-order valence-electron chi connectivity index (χ3n) is 2.84. The van der Waals surface area contributed by atoms with E-state index < -0.39 is 5.75 Å². The van der Waals surface area contributed by atoms with Crippen LogP contribution in [-0.2, 0) is 0 Å².